The molecule has 2 aromatic carbocycles. The Bertz CT molecular complexity index is 848. The number of anilines is 2. The normalized spacial score (nSPS) is 16.4. The van der Waals surface area contributed by atoms with Crippen molar-refractivity contribution in [2.75, 3.05) is 37.4 Å². The fourth-order valence-corrected chi connectivity index (χ4v) is 3.69. The van der Waals surface area contributed by atoms with Crippen molar-refractivity contribution < 1.29 is 9.59 Å². The van der Waals surface area contributed by atoms with E-state index in [2.05, 4.69) is 40.7 Å². The van der Waals surface area contributed by atoms with E-state index < -0.39 is 0 Å². The number of nitrogens with one attached hydrogen (secondary N) is 2. The fourth-order valence-electron chi connectivity index (χ4n) is 3.69. The van der Waals surface area contributed by atoms with Gasteiger partial charge >= 0.3 is 0 Å². The Kier molecular flexibility index (Phi) is 6.88. The Morgan fingerprint density at radius 3 is 2.59 bits per heavy atom. The van der Waals surface area contributed by atoms with Gasteiger partial charge in [-0.05, 0) is 56.1 Å². The topological polar surface area (TPSA) is 64.7 Å². The van der Waals surface area contributed by atoms with E-state index in [0.29, 0.717) is 0 Å². The average molecular weight is 395 g/mol. The summed E-state index contributed by atoms with van der Waals surface area (Å²) < 4.78 is 0. The molecule has 3 rings (SSSR count). The molecule has 154 valence electrons. The van der Waals surface area contributed by atoms with E-state index in [1.165, 1.54) is 11.1 Å². The number of amides is 2. The Hall–Kier alpha value is -2.86. The number of nitrogens with zero attached hydrogens (tertiary/aromatic N) is 2. The molecular formula is C23H30N4O2. The first-order chi connectivity index (χ1) is 13.9. The van der Waals surface area contributed by atoms with Crippen LogP contribution >= 0.6 is 0 Å². The van der Waals surface area contributed by atoms with Gasteiger partial charge in [-0.15, -0.1) is 0 Å². The second-order valence-corrected chi connectivity index (χ2v) is 7.82. The fraction of sp³-hybridized carbons (Fsp3) is 0.391. The zero-order chi connectivity index (χ0) is 20.8. The highest BCUT2D eigenvalue weighted by Crippen LogP contribution is 2.21. The molecule has 2 N–H and O–H groups in total. The maximum atomic E-state index is 12.7. The molecule has 0 spiro atoms. The van der Waals surface area contributed by atoms with Gasteiger partial charge in [-0.1, -0.05) is 29.8 Å². The molecule has 1 aliphatic rings. The first kappa shape index (κ1) is 20.9. The van der Waals surface area contributed by atoms with Crippen LogP contribution in [-0.2, 0) is 16.1 Å². The number of carbonyl (C=O) groups excluding carboxylic acids is 2. The van der Waals surface area contributed by atoms with Crippen LogP contribution in [0.5, 0.6) is 0 Å². The van der Waals surface area contributed by atoms with Crippen molar-refractivity contribution in [1.29, 1.82) is 0 Å². The molecule has 0 aliphatic carbocycles. The Balaban J connectivity index is 1.49. The predicted molar refractivity (Wildman–Crippen MR) is 117 cm³/mol. The molecule has 6 nitrogen and oxygen atoms in total. The lowest BCUT2D eigenvalue weighted by Crippen LogP contribution is -2.45. The van der Waals surface area contributed by atoms with Crippen LogP contribution < -0.4 is 15.5 Å². The predicted octanol–water partition coefficient (Wildman–Crippen LogP) is 2.78. The van der Waals surface area contributed by atoms with Crippen molar-refractivity contribution >= 4 is 23.2 Å². The standard InChI is InChI=1S/C23H30N4O2/c1-17-6-4-7-18(14-17)16-27-13-5-8-21(27)23(29)24-15-22(28)25-19-9-11-20(12-10-19)26(2)3/h4,6-7,9-12,14,21H,5,8,13,15-16H2,1-3H3,(H,24,29)(H,25,28). The second-order valence-electron chi connectivity index (χ2n) is 7.82. The quantitative estimate of drug-likeness (QED) is 0.758. The summed E-state index contributed by atoms with van der Waals surface area (Å²) in [6.07, 6.45) is 1.82. The number of benzene rings is 2. The van der Waals surface area contributed by atoms with E-state index in [0.717, 1.165) is 37.3 Å². The summed E-state index contributed by atoms with van der Waals surface area (Å²) >= 11 is 0. The van der Waals surface area contributed by atoms with Gasteiger partial charge in [0.2, 0.25) is 11.8 Å². The van der Waals surface area contributed by atoms with Gasteiger partial charge in [0, 0.05) is 32.0 Å². The smallest absolute Gasteiger partial charge is 0.243 e. The van der Waals surface area contributed by atoms with Gasteiger partial charge in [-0.25, -0.2) is 0 Å². The van der Waals surface area contributed by atoms with Crippen molar-refractivity contribution in [3.63, 3.8) is 0 Å². The van der Waals surface area contributed by atoms with Crippen LogP contribution in [0.4, 0.5) is 11.4 Å². The van der Waals surface area contributed by atoms with Crippen molar-refractivity contribution in [3.8, 4) is 0 Å². The highest BCUT2D eigenvalue weighted by atomic mass is 16.2. The highest BCUT2D eigenvalue weighted by molar-refractivity contribution is 5.95. The number of carbonyl (C=O) groups is 2. The van der Waals surface area contributed by atoms with Crippen LogP contribution in [0.2, 0.25) is 0 Å². The second kappa shape index (κ2) is 9.56. The van der Waals surface area contributed by atoms with Crippen LogP contribution in [0.25, 0.3) is 0 Å². The Labute approximate surface area is 172 Å². The molecule has 0 saturated carbocycles. The summed E-state index contributed by atoms with van der Waals surface area (Å²) in [5, 5.41) is 5.63. The van der Waals surface area contributed by atoms with Gasteiger partial charge < -0.3 is 15.5 Å². The van der Waals surface area contributed by atoms with Gasteiger partial charge in [0.15, 0.2) is 0 Å². The molecule has 1 heterocycles. The summed E-state index contributed by atoms with van der Waals surface area (Å²) in [5.74, 6) is -0.299. The van der Waals surface area contributed by atoms with Crippen molar-refractivity contribution in [3.05, 3.63) is 59.7 Å². The van der Waals surface area contributed by atoms with E-state index >= 15 is 0 Å². The molecule has 1 unspecified atom stereocenters. The molecule has 6 heteroatoms. The van der Waals surface area contributed by atoms with Gasteiger partial charge in [-0.3, -0.25) is 14.5 Å². The van der Waals surface area contributed by atoms with Crippen molar-refractivity contribution in [2.24, 2.45) is 0 Å². The molecule has 1 fully saturated rings. The summed E-state index contributed by atoms with van der Waals surface area (Å²) in [5.41, 5.74) is 4.21. The van der Waals surface area contributed by atoms with Crippen LogP contribution in [0.3, 0.4) is 0 Å². The van der Waals surface area contributed by atoms with Gasteiger partial charge in [0.25, 0.3) is 0 Å². The van der Waals surface area contributed by atoms with E-state index in [-0.39, 0.29) is 24.4 Å². The first-order valence-electron chi connectivity index (χ1n) is 10.1. The zero-order valence-electron chi connectivity index (χ0n) is 17.4. The Morgan fingerprint density at radius 1 is 1.14 bits per heavy atom. The summed E-state index contributed by atoms with van der Waals surface area (Å²) in [6.45, 7) is 3.70. The van der Waals surface area contributed by atoms with Gasteiger partial charge in [0.05, 0.1) is 12.6 Å². The average Bonchev–Trinajstić information content (AvgIpc) is 3.15. The molecule has 29 heavy (non-hydrogen) atoms. The third-order valence-electron chi connectivity index (χ3n) is 5.23. The van der Waals surface area contributed by atoms with Crippen LogP contribution in [0, 0.1) is 6.92 Å². The third-order valence-corrected chi connectivity index (χ3v) is 5.23. The number of hydrogen-bond donors (Lipinski definition) is 2. The van der Waals surface area contributed by atoms with E-state index in [9.17, 15) is 9.59 Å². The molecule has 0 aromatic heterocycles. The highest BCUT2D eigenvalue weighted by Gasteiger charge is 2.30. The number of hydrogen-bond acceptors (Lipinski definition) is 4. The minimum Gasteiger partial charge on any atom is -0.378 e. The van der Waals surface area contributed by atoms with Gasteiger partial charge in [0.1, 0.15) is 0 Å². The molecule has 1 saturated heterocycles. The van der Waals surface area contributed by atoms with Crippen LogP contribution in [0.15, 0.2) is 48.5 Å². The minimum atomic E-state index is -0.223. The number of rotatable bonds is 7. The molecule has 1 atom stereocenters. The lowest BCUT2D eigenvalue weighted by atomic mass is 10.1. The summed E-state index contributed by atoms with van der Waals surface area (Å²) in [4.78, 5) is 29.1. The SMILES string of the molecule is Cc1cccc(CN2CCCC2C(=O)NCC(=O)Nc2ccc(N(C)C)cc2)c1. The molecule has 1 aliphatic heterocycles. The third kappa shape index (κ3) is 5.81. The molecule has 0 radical (unpaired) electrons. The van der Waals surface area contributed by atoms with E-state index in [4.69, 9.17) is 0 Å². The van der Waals surface area contributed by atoms with Crippen molar-refractivity contribution in [1.82, 2.24) is 10.2 Å². The maximum absolute atomic E-state index is 12.7. The minimum absolute atomic E-state index is 0.0248. The molecule has 0 bridgehead atoms. The lowest BCUT2D eigenvalue weighted by molar-refractivity contribution is -0.127. The summed E-state index contributed by atoms with van der Waals surface area (Å²) in [6, 6.07) is 15.8. The largest absolute Gasteiger partial charge is 0.378 e. The van der Waals surface area contributed by atoms with E-state index in [1.807, 2.05) is 49.3 Å². The summed E-state index contributed by atoms with van der Waals surface area (Å²) in [7, 11) is 3.93. The maximum Gasteiger partial charge on any atom is 0.243 e. The Morgan fingerprint density at radius 2 is 1.90 bits per heavy atom. The van der Waals surface area contributed by atoms with Crippen molar-refractivity contribution in [2.45, 2.75) is 32.4 Å². The lowest BCUT2D eigenvalue weighted by Gasteiger charge is -2.23. The first-order valence-corrected chi connectivity index (χ1v) is 10.1. The van der Waals surface area contributed by atoms with Crippen LogP contribution in [-0.4, -0.2) is 49.9 Å². The van der Waals surface area contributed by atoms with E-state index in [1.54, 1.807) is 0 Å². The van der Waals surface area contributed by atoms with Crippen LogP contribution in [0.1, 0.15) is 24.0 Å². The molecule has 2 amide bonds. The van der Waals surface area contributed by atoms with Gasteiger partial charge in [-0.2, -0.15) is 0 Å². The number of aryl methyl sites for hydroxylation is 1. The molecule has 2 aromatic rings. The zero-order valence-corrected chi connectivity index (χ0v) is 17.4. The monoisotopic (exact) mass is 394 g/mol. The molecular weight excluding hydrogens is 364 g/mol. The number of likely N-dealkylation sites (tertiary alicyclic amines) is 1.